The second kappa shape index (κ2) is 6.31. The van der Waals surface area contributed by atoms with Crippen molar-refractivity contribution in [2.24, 2.45) is 0 Å². The molecule has 0 unspecified atom stereocenters. The van der Waals surface area contributed by atoms with Gasteiger partial charge in [0.25, 0.3) is 0 Å². The Balaban J connectivity index is 2.49. The summed E-state index contributed by atoms with van der Waals surface area (Å²) in [6.45, 7) is 0. The van der Waals surface area contributed by atoms with Crippen LogP contribution in [0.2, 0.25) is 5.02 Å². The number of methoxy groups -OCH3 is 1. The zero-order valence-electron chi connectivity index (χ0n) is 8.79. The molecule has 0 fully saturated rings. The van der Waals surface area contributed by atoms with Crippen molar-refractivity contribution in [3.8, 4) is 11.8 Å². The minimum atomic E-state index is 0.629. The van der Waals surface area contributed by atoms with Crippen molar-refractivity contribution >= 4 is 11.6 Å². The summed E-state index contributed by atoms with van der Waals surface area (Å²) < 4.78 is 5.07. The Morgan fingerprint density at radius 1 is 1.40 bits per heavy atom. The van der Waals surface area contributed by atoms with E-state index in [0.29, 0.717) is 17.2 Å². The van der Waals surface area contributed by atoms with E-state index in [2.05, 4.69) is 6.07 Å². The Hall–Kier alpha value is -1.20. The van der Waals surface area contributed by atoms with Crippen LogP contribution in [0.25, 0.3) is 0 Å². The van der Waals surface area contributed by atoms with Crippen LogP contribution >= 0.6 is 11.6 Å². The maximum Gasteiger partial charge on any atom is 0.137 e. The first-order valence-corrected chi connectivity index (χ1v) is 5.35. The molecule has 1 rings (SSSR count). The third-order valence-corrected chi connectivity index (χ3v) is 2.52. The third-order valence-electron chi connectivity index (χ3n) is 2.22. The van der Waals surface area contributed by atoms with Gasteiger partial charge in [0.15, 0.2) is 0 Å². The van der Waals surface area contributed by atoms with E-state index in [0.717, 1.165) is 19.3 Å². The zero-order chi connectivity index (χ0) is 11.1. The molecule has 0 aromatic heterocycles. The van der Waals surface area contributed by atoms with Crippen LogP contribution in [-0.4, -0.2) is 7.11 Å². The number of unbranched alkanes of at least 4 members (excludes halogenated alkanes) is 2. The van der Waals surface area contributed by atoms with Crippen LogP contribution < -0.4 is 4.74 Å². The van der Waals surface area contributed by atoms with Crippen molar-refractivity contribution in [3.63, 3.8) is 0 Å². The van der Waals surface area contributed by atoms with Crippen LogP contribution in [0.4, 0.5) is 0 Å². The SMILES string of the molecule is COc1ccc(CCCCC#N)cc1Cl. The van der Waals surface area contributed by atoms with E-state index in [-0.39, 0.29) is 0 Å². The van der Waals surface area contributed by atoms with Crippen LogP contribution in [0, 0.1) is 11.3 Å². The third kappa shape index (κ3) is 3.81. The summed E-state index contributed by atoms with van der Waals surface area (Å²) >= 11 is 5.99. The highest BCUT2D eigenvalue weighted by atomic mass is 35.5. The number of aryl methyl sites for hydroxylation is 1. The van der Waals surface area contributed by atoms with Crippen molar-refractivity contribution in [2.75, 3.05) is 7.11 Å². The van der Waals surface area contributed by atoms with Crippen molar-refractivity contribution in [1.82, 2.24) is 0 Å². The van der Waals surface area contributed by atoms with Gasteiger partial charge in [-0.05, 0) is 37.0 Å². The van der Waals surface area contributed by atoms with E-state index in [4.69, 9.17) is 21.6 Å². The number of ether oxygens (including phenoxy) is 1. The van der Waals surface area contributed by atoms with Gasteiger partial charge in [0.05, 0.1) is 18.2 Å². The molecule has 0 heterocycles. The Labute approximate surface area is 95.4 Å². The molecule has 80 valence electrons. The molecule has 15 heavy (non-hydrogen) atoms. The molecule has 2 nitrogen and oxygen atoms in total. The highest BCUT2D eigenvalue weighted by molar-refractivity contribution is 6.32. The van der Waals surface area contributed by atoms with Gasteiger partial charge < -0.3 is 4.74 Å². The highest BCUT2D eigenvalue weighted by Crippen LogP contribution is 2.25. The molecular formula is C12H14ClNO. The van der Waals surface area contributed by atoms with Gasteiger partial charge in [0.1, 0.15) is 5.75 Å². The molecule has 0 aliphatic heterocycles. The van der Waals surface area contributed by atoms with Crippen LogP contribution in [0.15, 0.2) is 18.2 Å². The van der Waals surface area contributed by atoms with Crippen LogP contribution in [-0.2, 0) is 6.42 Å². The summed E-state index contributed by atoms with van der Waals surface area (Å²) in [6.07, 6.45) is 3.56. The molecule has 0 saturated heterocycles. The first-order valence-electron chi connectivity index (χ1n) is 4.97. The minimum Gasteiger partial charge on any atom is -0.495 e. The number of rotatable bonds is 5. The topological polar surface area (TPSA) is 33.0 Å². The van der Waals surface area contributed by atoms with Crippen LogP contribution in [0.3, 0.4) is 0 Å². The summed E-state index contributed by atoms with van der Waals surface area (Å²) in [5.41, 5.74) is 1.19. The summed E-state index contributed by atoms with van der Waals surface area (Å²) in [7, 11) is 1.60. The van der Waals surface area contributed by atoms with E-state index in [1.807, 2.05) is 18.2 Å². The standard InChI is InChI=1S/C12H14ClNO/c1-15-12-7-6-10(9-11(12)13)5-3-2-4-8-14/h6-7,9H,2-5H2,1H3. The van der Waals surface area contributed by atoms with Gasteiger partial charge in [0.2, 0.25) is 0 Å². The van der Waals surface area contributed by atoms with Crippen molar-refractivity contribution in [1.29, 1.82) is 5.26 Å². The van der Waals surface area contributed by atoms with Crippen LogP contribution in [0.1, 0.15) is 24.8 Å². The fourth-order valence-corrected chi connectivity index (χ4v) is 1.68. The maximum atomic E-state index is 8.39. The number of halogens is 1. The Morgan fingerprint density at radius 2 is 2.20 bits per heavy atom. The van der Waals surface area contributed by atoms with E-state index in [1.165, 1.54) is 5.56 Å². The molecular weight excluding hydrogens is 210 g/mol. The zero-order valence-corrected chi connectivity index (χ0v) is 9.55. The van der Waals surface area contributed by atoms with Crippen LogP contribution in [0.5, 0.6) is 5.75 Å². The second-order valence-corrected chi connectivity index (χ2v) is 3.74. The molecule has 3 heteroatoms. The molecule has 0 atom stereocenters. The summed E-state index contributed by atoms with van der Waals surface area (Å²) in [5.74, 6) is 0.706. The fraction of sp³-hybridized carbons (Fsp3) is 0.417. The highest BCUT2D eigenvalue weighted by Gasteiger charge is 2.01. The molecule has 0 saturated carbocycles. The van der Waals surface area contributed by atoms with Gasteiger partial charge in [-0.25, -0.2) is 0 Å². The summed E-state index contributed by atoms with van der Waals surface area (Å²) in [4.78, 5) is 0. The molecule has 0 aliphatic rings. The molecule has 1 aromatic carbocycles. The van der Waals surface area contributed by atoms with E-state index < -0.39 is 0 Å². The lowest BCUT2D eigenvalue weighted by atomic mass is 10.1. The van der Waals surface area contributed by atoms with E-state index in [9.17, 15) is 0 Å². The van der Waals surface area contributed by atoms with Gasteiger partial charge in [-0.1, -0.05) is 17.7 Å². The maximum absolute atomic E-state index is 8.39. The molecule has 0 spiro atoms. The largest absolute Gasteiger partial charge is 0.495 e. The predicted octanol–water partition coefficient (Wildman–Crippen LogP) is 3.58. The number of benzene rings is 1. The van der Waals surface area contributed by atoms with Gasteiger partial charge in [-0.3, -0.25) is 0 Å². The monoisotopic (exact) mass is 223 g/mol. The summed E-state index contributed by atoms with van der Waals surface area (Å²) in [6, 6.07) is 7.95. The number of hydrogen-bond acceptors (Lipinski definition) is 2. The average molecular weight is 224 g/mol. The first-order chi connectivity index (χ1) is 7.27. The number of nitriles is 1. The lowest BCUT2D eigenvalue weighted by molar-refractivity contribution is 0.415. The smallest absolute Gasteiger partial charge is 0.137 e. The second-order valence-electron chi connectivity index (χ2n) is 3.33. The summed E-state index contributed by atoms with van der Waals surface area (Å²) in [5, 5.41) is 9.04. The Kier molecular flexibility index (Phi) is 5.00. The molecule has 0 radical (unpaired) electrons. The van der Waals surface area contributed by atoms with Gasteiger partial charge in [-0.2, -0.15) is 5.26 Å². The Bertz CT molecular complexity index is 357. The normalized spacial score (nSPS) is 9.67. The lowest BCUT2D eigenvalue weighted by Gasteiger charge is -2.05. The first kappa shape index (κ1) is 11.9. The predicted molar refractivity (Wildman–Crippen MR) is 61.2 cm³/mol. The minimum absolute atomic E-state index is 0.629. The van der Waals surface area contributed by atoms with E-state index >= 15 is 0 Å². The van der Waals surface area contributed by atoms with Crippen molar-refractivity contribution < 1.29 is 4.74 Å². The molecule has 0 N–H and O–H groups in total. The van der Waals surface area contributed by atoms with E-state index in [1.54, 1.807) is 7.11 Å². The van der Waals surface area contributed by atoms with Gasteiger partial charge >= 0.3 is 0 Å². The van der Waals surface area contributed by atoms with Crippen molar-refractivity contribution in [3.05, 3.63) is 28.8 Å². The number of hydrogen-bond donors (Lipinski definition) is 0. The molecule has 0 aliphatic carbocycles. The Morgan fingerprint density at radius 3 is 2.80 bits per heavy atom. The molecule has 1 aromatic rings. The quantitative estimate of drug-likeness (QED) is 0.715. The molecule has 0 bridgehead atoms. The average Bonchev–Trinajstić information content (AvgIpc) is 2.25. The van der Waals surface area contributed by atoms with Gasteiger partial charge in [0, 0.05) is 6.42 Å². The fourth-order valence-electron chi connectivity index (χ4n) is 1.40. The molecule has 0 amide bonds. The van der Waals surface area contributed by atoms with Gasteiger partial charge in [-0.15, -0.1) is 0 Å². The number of nitrogens with zero attached hydrogens (tertiary/aromatic N) is 1. The van der Waals surface area contributed by atoms with Crippen molar-refractivity contribution in [2.45, 2.75) is 25.7 Å². The lowest BCUT2D eigenvalue weighted by Crippen LogP contribution is -1.88.